The van der Waals surface area contributed by atoms with Crippen LogP contribution in [0.4, 0.5) is 13.2 Å². The van der Waals surface area contributed by atoms with Gasteiger partial charge >= 0.3 is 15.6 Å². The van der Waals surface area contributed by atoms with Crippen molar-refractivity contribution in [1.29, 1.82) is 0 Å². The fraction of sp³-hybridized carbons (Fsp3) is 0.857. The van der Waals surface area contributed by atoms with Gasteiger partial charge in [-0.25, -0.2) is 0 Å². The van der Waals surface area contributed by atoms with Gasteiger partial charge in [0.15, 0.2) is 0 Å². The number of carbonyl (C=O) groups is 1. The SMILES string of the molecule is CC(=O)N1CCCC1.O=S(=O)(O)C(F)(F)F. The molecule has 0 bridgehead atoms. The number of likely N-dealkylation sites (tertiary alicyclic amines) is 1. The van der Waals surface area contributed by atoms with Gasteiger partial charge in [-0.15, -0.1) is 0 Å². The predicted octanol–water partition coefficient (Wildman–Crippen LogP) is 1.02. The molecule has 0 unspecified atom stereocenters. The molecule has 1 aliphatic heterocycles. The van der Waals surface area contributed by atoms with Crippen LogP contribution in [0.1, 0.15) is 19.8 Å². The van der Waals surface area contributed by atoms with Gasteiger partial charge in [-0.3, -0.25) is 9.35 Å². The summed E-state index contributed by atoms with van der Waals surface area (Å²) < 4.78 is 57.5. The van der Waals surface area contributed by atoms with Crippen molar-refractivity contribution in [2.75, 3.05) is 13.1 Å². The van der Waals surface area contributed by atoms with Gasteiger partial charge in [0.05, 0.1) is 0 Å². The van der Waals surface area contributed by atoms with Crippen molar-refractivity contribution in [2.45, 2.75) is 25.3 Å². The zero-order valence-corrected chi connectivity index (χ0v) is 9.31. The van der Waals surface area contributed by atoms with E-state index in [0.717, 1.165) is 13.1 Å². The lowest BCUT2D eigenvalue weighted by Crippen LogP contribution is -2.24. The number of hydrogen-bond acceptors (Lipinski definition) is 3. The summed E-state index contributed by atoms with van der Waals surface area (Å²) in [6.45, 7) is 3.59. The summed E-state index contributed by atoms with van der Waals surface area (Å²) in [6, 6.07) is 0. The highest BCUT2D eigenvalue weighted by Gasteiger charge is 2.44. The molecule has 0 aliphatic carbocycles. The van der Waals surface area contributed by atoms with Crippen molar-refractivity contribution in [2.24, 2.45) is 0 Å². The molecule has 0 aromatic heterocycles. The summed E-state index contributed by atoms with van der Waals surface area (Å²) in [5.41, 5.74) is -5.53. The molecule has 1 amide bonds. The first-order valence-corrected chi connectivity index (χ1v) is 5.79. The van der Waals surface area contributed by atoms with E-state index in [9.17, 15) is 18.0 Å². The van der Waals surface area contributed by atoms with Crippen molar-refractivity contribution in [3.05, 3.63) is 0 Å². The molecule has 0 atom stereocenters. The monoisotopic (exact) mass is 263 g/mol. The topological polar surface area (TPSA) is 74.7 Å². The number of amides is 1. The molecule has 0 saturated carbocycles. The molecule has 96 valence electrons. The van der Waals surface area contributed by atoms with Crippen molar-refractivity contribution in [3.8, 4) is 0 Å². The van der Waals surface area contributed by atoms with Crippen LogP contribution in [0.3, 0.4) is 0 Å². The van der Waals surface area contributed by atoms with Gasteiger partial charge in [0.25, 0.3) is 0 Å². The average Bonchev–Trinajstić information content (AvgIpc) is 2.51. The third-order valence-electron chi connectivity index (χ3n) is 1.84. The first-order chi connectivity index (χ1) is 7.05. The molecule has 0 aromatic rings. The van der Waals surface area contributed by atoms with Gasteiger partial charge in [-0.2, -0.15) is 21.6 Å². The third-order valence-corrected chi connectivity index (χ3v) is 2.43. The number of halogens is 3. The minimum atomic E-state index is -5.84. The number of hydrogen-bond donors (Lipinski definition) is 1. The lowest BCUT2D eigenvalue weighted by atomic mass is 10.4. The lowest BCUT2D eigenvalue weighted by molar-refractivity contribution is -0.127. The van der Waals surface area contributed by atoms with E-state index in [4.69, 9.17) is 13.0 Å². The highest BCUT2D eigenvalue weighted by Crippen LogP contribution is 2.20. The first kappa shape index (κ1) is 15.2. The molecular formula is C7H12F3NO4S. The Morgan fingerprint density at radius 3 is 1.69 bits per heavy atom. The summed E-state index contributed by atoms with van der Waals surface area (Å²) >= 11 is 0. The molecule has 1 aliphatic rings. The van der Waals surface area contributed by atoms with Crippen LogP contribution in [-0.2, 0) is 14.9 Å². The molecule has 9 heteroatoms. The van der Waals surface area contributed by atoms with Crippen LogP contribution >= 0.6 is 0 Å². The zero-order valence-electron chi connectivity index (χ0n) is 8.49. The normalized spacial score (nSPS) is 16.7. The quantitative estimate of drug-likeness (QED) is 0.523. The highest BCUT2D eigenvalue weighted by atomic mass is 32.2. The van der Waals surface area contributed by atoms with Crippen LogP contribution in [0.2, 0.25) is 0 Å². The minimum Gasteiger partial charge on any atom is -0.343 e. The van der Waals surface area contributed by atoms with Crippen LogP contribution in [0.25, 0.3) is 0 Å². The number of alkyl halides is 3. The van der Waals surface area contributed by atoms with Gasteiger partial charge in [0.2, 0.25) is 5.91 Å². The van der Waals surface area contributed by atoms with Gasteiger partial charge in [-0.1, -0.05) is 0 Å². The average molecular weight is 263 g/mol. The standard InChI is InChI=1S/C6H11NO.CHF3O3S/c1-6(8)7-4-2-3-5-7;2-1(3,4)8(5,6)7/h2-5H2,1H3;(H,5,6,7). The molecule has 0 radical (unpaired) electrons. The molecule has 1 heterocycles. The second kappa shape index (κ2) is 5.48. The summed E-state index contributed by atoms with van der Waals surface area (Å²) in [6.07, 6.45) is 2.39. The highest BCUT2D eigenvalue weighted by molar-refractivity contribution is 7.86. The number of rotatable bonds is 0. The number of carbonyl (C=O) groups excluding carboxylic acids is 1. The van der Waals surface area contributed by atoms with Gasteiger partial charge in [-0.05, 0) is 12.8 Å². The lowest BCUT2D eigenvalue weighted by Gasteiger charge is -2.10. The molecule has 16 heavy (non-hydrogen) atoms. The summed E-state index contributed by atoms with van der Waals surface area (Å²) in [5.74, 6) is 0.225. The second-order valence-corrected chi connectivity index (χ2v) is 4.55. The fourth-order valence-corrected chi connectivity index (χ4v) is 1.03. The van der Waals surface area contributed by atoms with E-state index in [-0.39, 0.29) is 5.91 Å². The third kappa shape index (κ3) is 5.31. The summed E-state index contributed by atoms with van der Waals surface area (Å²) in [7, 11) is -5.84. The Balaban J connectivity index is 0.000000281. The summed E-state index contributed by atoms with van der Waals surface area (Å²) in [4.78, 5) is 12.5. The van der Waals surface area contributed by atoms with E-state index in [0.29, 0.717) is 0 Å². The van der Waals surface area contributed by atoms with E-state index in [2.05, 4.69) is 0 Å². The Morgan fingerprint density at radius 2 is 1.56 bits per heavy atom. The Kier molecular flexibility index (Phi) is 5.20. The molecule has 5 nitrogen and oxygen atoms in total. The largest absolute Gasteiger partial charge is 0.522 e. The Morgan fingerprint density at radius 1 is 1.25 bits per heavy atom. The molecule has 0 spiro atoms. The second-order valence-electron chi connectivity index (χ2n) is 3.13. The van der Waals surface area contributed by atoms with Crippen LogP contribution < -0.4 is 0 Å². The van der Waals surface area contributed by atoms with Crippen LogP contribution in [0.15, 0.2) is 0 Å². The maximum atomic E-state index is 10.7. The predicted molar refractivity (Wildman–Crippen MR) is 49.1 cm³/mol. The van der Waals surface area contributed by atoms with Crippen molar-refractivity contribution in [1.82, 2.24) is 4.90 Å². The van der Waals surface area contributed by atoms with E-state index < -0.39 is 15.6 Å². The molecular weight excluding hydrogens is 251 g/mol. The molecule has 0 aromatic carbocycles. The minimum absolute atomic E-state index is 0.225. The molecule has 1 N–H and O–H groups in total. The Bertz CT molecular complexity index is 332. The van der Waals surface area contributed by atoms with E-state index >= 15 is 0 Å². The van der Waals surface area contributed by atoms with Crippen LogP contribution in [-0.4, -0.2) is 42.4 Å². The first-order valence-electron chi connectivity index (χ1n) is 4.35. The number of nitrogens with zero attached hydrogens (tertiary/aromatic N) is 1. The van der Waals surface area contributed by atoms with Crippen LogP contribution in [0, 0.1) is 0 Å². The van der Waals surface area contributed by atoms with Crippen LogP contribution in [0.5, 0.6) is 0 Å². The van der Waals surface area contributed by atoms with Gasteiger partial charge in [0, 0.05) is 20.0 Å². The van der Waals surface area contributed by atoms with E-state index in [1.54, 1.807) is 6.92 Å². The maximum absolute atomic E-state index is 10.7. The van der Waals surface area contributed by atoms with Crippen molar-refractivity contribution < 1.29 is 30.9 Å². The molecule has 1 rings (SSSR count). The van der Waals surface area contributed by atoms with Crippen molar-refractivity contribution >= 4 is 16.0 Å². The van der Waals surface area contributed by atoms with E-state index in [1.807, 2.05) is 4.90 Å². The summed E-state index contributed by atoms with van der Waals surface area (Å²) in [5, 5.41) is 0. The van der Waals surface area contributed by atoms with Gasteiger partial charge in [0.1, 0.15) is 0 Å². The zero-order chi connectivity index (χ0) is 13.0. The molecule has 1 fully saturated rings. The van der Waals surface area contributed by atoms with Gasteiger partial charge < -0.3 is 4.90 Å². The van der Waals surface area contributed by atoms with E-state index in [1.165, 1.54) is 12.8 Å². The molecule has 1 saturated heterocycles. The Hall–Kier alpha value is -0.830. The smallest absolute Gasteiger partial charge is 0.343 e. The Labute approximate surface area is 91.0 Å². The fourth-order valence-electron chi connectivity index (χ4n) is 1.03. The van der Waals surface area contributed by atoms with Crippen molar-refractivity contribution in [3.63, 3.8) is 0 Å². The maximum Gasteiger partial charge on any atom is 0.522 e.